The highest BCUT2D eigenvalue weighted by atomic mass is 35.5. The van der Waals surface area contributed by atoms with Gasteiger partial charge in [-0.1, -0.05) is 13.5 Å². The average Bonchev–Trinajstić information content (AvgIpc) is 3.02. The molecule has 4 nitrogen and oxygen atoms in total. The lowest BCUT2D eigenvalue weighted by Crippen LogP contribution is -2.40. The summed E-state index contributed by atoms with van der Waals surface area (Å²) in [4.78, 5) is 25.2. The standard InChI is InChI=1S/C17H19ClF4N2O2S/c1-4-16(19,20)7-8-24-14-11(13(25)23(6-3)15(24)26)12(10(9-18)27-14)17(21,22)5-2/h5H,2,4,6-9H2,1,3H3. The molecule has 2 heterocycles. The van der Waals surface area contributed by atoms with Crippen LogP contribution in [0, 0.1) is 0 Å². The van der Waals surface area contributed by atoms with Crippen molar-refractivity contribution in [1.29, 1.82) is 0 Å². The Morgan fingerprint density at radius 1 is 1.19 bits per heavy atom. The number of hydrogen-bond acceptors (Lipinski definition) is 3. The molecule has 0 N–H and O–H groups in total. The Balaban J connectivity index is 2.90. The van der Waals surface area contributed by atoms with Gasteiger partial charge in [0.25, 0.3) is 11.5 Å². The molecule has 0 saturated heterocycles. The van der Waals surface area contributed by atoms with Crippen molar-refractivity contribution in [1.82, 2.24) is 9.13 Å². The molecule has 10 heteroatoms. The van der Waals surface area contributed by atoms with Crippen molar-refractivity contribution in [2.45, 2.75) is 57.5 Å². The van der Waals surface area contributed by atoms with Gasteiger partial charge < -0.3 is 0 Å². The summed E-state index contributed by atoms with van der Waals surface area (Å²) in [5.41, 5.74) is -2.31. The van der Waals surface area contributed by atoms with Crippen LogP contribution in [0.1, 0.15) is 37.1 Å². The van der Waals surface area contributed by atoms with Crippen molar-refractivity contribution < 1.29 is 17.6 Å². The molecule has 0 fully saturated rings. The number of aryl methyl sites for hydroxylation is 1. The zero-order valence-electron chi connectivity index (χ0n) is 14.8. The highest BCUT2D eigenvalue weighted by Gasteiger charge is 2.37. The van der Waals surface area contributed by atoms with E-state index in [1.54, 1.807) is 0 Å². The topological polar surface area (TPSA) is 44.0 Å². The summed E-state index contributed by atoms with van der Waals surface area (Å²) in [6, 6.07) is 0. The minimum Gasteiger partial charge on any atom is -0.284 e. The molecule has 0 aliphatic rings. The van der Waals surface area contributed by atoms with E-state index < -0.39 is 48.0 Å². The Labute approximate surface area is 161 Å². The van der Waals surface area contributed by atoms with Crippen molar-refractivity contribution in [3.63, 3.8) is 0 Å². The van der Waals surface area contributed by atoms with Crippen LogP contribution >= 0.6 is 22.9 Å². The van der Waals surface area contributed by atoms with Gasteiger partial charge in [0.15, 0.2) is 0 Å². The highest BCUT2D eigenvalue weighted by Crippen LogP contribution is 2.41. The van der Waals surface area contributed by atoms with Crippen molar-refractivity contribution >= 4 is 33.2 Å². The van der Waals surface area contributed by atoms with Gasteiger partial charge in [-0.3, -0.25) is 13.9 Å². The third-order valence-corrected chi connectivity index (χ3v) is 6.01. The number of aromatic nitrogens is 2. The molecule has 0 atom stereocenters. The maximum atomic E-state index is 14.4. The Morgan fingerprint density at radius 2 is 1.81 bits per heavy atom. The number of thiophene rings is 1. The van der Waals surface area contributed by atoms with Gasteiger partial charge in [0.05, 0.1) is 16.8 Å². The summed E-state index contributed by atoms with van der Waals surface area (Å²) >= 11 is 6.53. The SMILES string of the molecule is C=CC(F)(F)c1c(CCl)sc2c1c(=O)n(CC)c(=O)n2CCC(F)(F)CC. The lowest BCUT2D eigenvalue weighted by molar-refractivity contribution is -0.0152. The first-order chi connectivity index (χ1) is 12.5. The van der Waals surface area contributed by atoms with Crippen molar-refractivity contribution in [2.75, 3.05) is 0 Å². The Kier molecular flexibility index (Phi) is 6.26. The molecule has 0 unspecified atom stereocenters. The average molecular weight is 427 g/mol. The van der Waals surface area contributed by atoms with Crippen molar-refractivity contribution in [3.8, 4) is 0 Å². The van der Waals surface area contributed by atoms with E-state index in [1.807, 2.05) is 0 Å². The van der Waals surface area contributed by atoms with Crippen LogP contribution in [0.2, 0.25) is 0 Å². The number of rotatable bonds is 8. The van der Waals surface area contributed by atoms with E-state index in [2.05, 4.69) is 6.58 Å². The van der Waals surface area contributed by atoms with Crippen LogP contribution in [-0.2, 0) is 24.9 Å². The maximum Gasteiger partial charge on any atom is 0.332 e. The first-order valence-electron chi connectivity index (χ1n) is 8.29. The summed E-state index contributed by atoms with van der Waals surface area (Å²) in [6.45, 7) is 5.42. The molecule has 0 bridgehead atoms. The number of hydrogen-bond donors (Lipinski definition) is 0. The zero-order chi connectivity index (χ0) is 20.6. The van der Waals surface area contributed by atoms with Crippen LogP contribution in [-0.4, -0.2) is 15.1 Å². The minimum atomic E-state index is -3.55. The molecular weight excluding hydrogens is 408 g/mol. The number of allylic oxidation sites excluding steroid dienone is 1. The summed E-state index contributed by atoms with van der Waals surface area (Å²) in [5, 5.41) is -0.373. The zero-order valence-corrected chi connectivity index (χ0v) is 16.4. The molecule has 0 saturated carbocycles. The van der Waals surface area contributed by atoms with Gasteiger partial charge >= 0.3 is 5.69 Å². The molecule has 0 spiro atoms. The monoisotopic (exact) mass is 426 g/mol. The lowest BCUT2D eigenvalue weighted by atomic mass is 10.1. The van der Waals surface area contributed by atoms with Gasteiger partial charge in [-0.05, 0) is 13.0 Å². The van der Waals surface area contributed by atoms with Gasteiger partial charge in [0, 0.05) is 30.8 Å². The van der Waals surface area contributed by atoms with Crippen molar-refractivity contribution in [2.24, 2.45) is 0 Å². The molecule has 0 amide bonds. The van der Waals surface area contributed by atoms with E-state index in [0.29, 0.717) is 6.08 Å². The van der Waals surface area contributed by atoms with E-state index in [9.17, 15) is 27.2 Å². The Morgan fingerprint density at radius 3 is 2.30 bits per heavy atom. The smallest absolute Gasteiger partial charge is 0.284 e. The predicted octanol–water partition coefficient (Wildman–Crippen LogP) is 4.70. The van der Waals surface area contributed by atoms with Gasteiger partial charge in [0.1, 0.15) is 4.83 Å². The summed E-state index contributed by atoms with van der Waals surface area (Å²) < 4.78 is 58.0. The summed E-state index contributed by atoms with van der Waals surface area (Å²) in [7, 11) is 0. The third kappa shape index (κ3) is 3.85. The maximum absolute atomic E-state index is 14.4. The number of alkyl halides is 5. The first kappa shape index (κ1) is 21.7. The van der Waals surface area contributed by atoms with Crippen LogP contribution < -0.4 is 11.2 Å². The van der Waals surface area contributed by atoms with E-state index in [4.69, 9.17) is 11.6 Å². The van der Waals surface area contributed by atoms with Gasteiger partial charge in [0.2, 0.25) is 5.92 Å². The number of fused-ring (bicyclic) bond motifs is 1. The summed E-state index contributed by atoms with van der Waals surface area (Å²) in [6.07, 6.45) is -0.682. The quantitative estimate of drug-likeness (QED) is 0.349. The fourth-order valence-corrected chi connectivity index (χ4v) is 4.28. The molecule has 2 aromatic rings. The second kappa shape index (κ2) is 7.79. The van der Waals surface area contributed by atoms with Crippen LogP contribution in [0.3, 0.4) is 0 Å². The molecule has 0 aromatic carbocycles. The van der Waals surface area contributed by atoms with E-state index in [0.717, 1.165) is 20.5 Å². The second-order valence-electron chi connectivity index (χ2n) is 5.98. The van der Waals surface area contributed by atoms with Crippen molar-refractivity contribution in [3.05, 3.63) is 43.9 Å². The minimum absolute atomic E-state index is 0.00192. The van der Waals surface area contributed by atoms with Crippen LogP contribution in [0.5, 0.6) is 0 Å². The molecular formula is C17H19ClF4N2O2S. The lowest BCUT2D eigenvalue weighted by Gasteiger charge is -2.17. The molecule has 0 radical (unpaired) electrons. The van der Waals surface area contributed by atoms with Crippen LogP contribution in [0.25, 0.3) is 10.2 Å². The van der Waals surface area contributed by atoms with Gasteiger partial charge in [-0.2, -0.15) is 8.78 Å². The number of nitrogens with zero attached hydrogens (tertiary/aromatic N) is 2. The molecule has 2 aromatic heterocycles. The molecule has 150 valence electrons. The normalized spacial score (nSPS) is 12.7. The molecule has 0 aliphatic carbocycles. The Hall–Kier alpha value is -1.61. The van der Waals surface area contributed by atoms with E-state index >= 15 is 0 Å². The first-order valence-corrected chi connectivity index (χ1v) is 9.64. The molecule has 27 heavy (non-hydrogen) atoms. The summed E-state index contributed by atoms with van der Waals surface area (Å²) in [5.74, 6) is -6.88. The molecule has 0 aliphatic heterocycles. The van der Waals surface area contributed by atoms with E-state index in [1.165, 1.54) is 13.8 Å². The van der Waals surface area contributed by atoms with Crippen LogP contribution in [0.15, 0.2) is 22.2 Å². The van der Waals surface area contributed by atoms with E-state index in [-0.39, 0.29) is 27.5 Å². The fourth-order valence-electron chi connectivity index (χ4n) is 2.78. The van der Waals surface area contributed by atoms with Gasteiger partial charge in [-0.25, -0.2) is 13.6 Å². The fraction of sp³-hybridized carbons (Fsp3) is 0.529. The van der Waals surface area contributed by atoms with Crippen LogP contribution in [0.4, 0.5) is 17.6 Å². The predicted molar refractivity (Wildman–Crippen MR) is 99.5 cm³/mol. The molecule has 2 rings (SSSR count). The number of halogens is 5. The Bertz CT molecular complexity index is 978. The van der Waals surface area contributed by atoms with Gasteiger partial charge in [-0.15, -0.1) is 22.9 Å². The highest BCUT2D eigenvalue weighted by molar-refractivity contribution is 7.19. The largest absolute Gasteiger partial charge is 0.332 e. The second-order valence-corrected chi connectivity index (χ2v) is 7.34. The third-order valence-electron chi connectivity index (χ3n) is 4.37.